The van der Waals surface area contributed by atoms with E-state index in [1.54, 1.807) is 25.9 Å². The molecule has 0 saturated carbocycles. The summed E-state index contributed by atoms with van der Waals surface area (Å²) >= 11 is 1.61. The molecule has 0 aromatic heterocycles. The van der Waals surface area contributed by atoms with Crippen LogP contribution in [0.4, 0.5) is 0 Å². The lowest BCUT2D eigenvalue weighted by molar-refractivity contribution is -0.140. The van der Waals surface area contributed by atoms with Crippen LogP contribution in [0.2, 0.25) is 0 Å². The van der Waals surface area contributed by atoms with E-state index in [9.17, 15) is 9.59 Å². The van der Waals surface area contributed by atoms with Gasteiger partial charge in [-0.3, -0.25) is 14.9 Å². The highest BCUT2D eigenvalue weighted by Gasteiger charge is 2.27. The standard InChI is InChI=1S/C9H16N2O3S/c1-11(2)8(12)5-7-10-6(9(13)14)3-4-15-7/h6-7,10H,3-5H2,1-2H3,(H,13,14). The van der Waals surface area contributed by atoms with E-state index < -0.39 is 12.0 Å². The second kappa shape index (κ2) is 5.37. The molecule has 0 radical (unpaired) electrons. The first-order valence-corrected chi connectivity index (χ1v) is 5.86. The number of nitrogens with zero attached hydrogens (tertiary/aromatic N) is 1. The summed E-state index contributed by atoms with van der Waals surface area (Å²) in [4.78, 5) is 23.7. The molecule has 0 aliphatic carbocycles. The van der Waals surface area contributed by atoms with Gasteiger partial charge in [0.2, 0.25) is 5.91 Å². The Morgan fingerprint density at radius 2 is 2.20 bits per heavy atom. The molecule has 15 heavy (non-hydrogen) atoms. The van der Waals surface area contributed by atoms with Crippen molar-refractivity contribution < 1.29 is 14.7 Å². The lowest BCUT2D eigenvalue weighted by Gasteiger charge is -2.28. The zero-order valence-electron chi connectivity index (χ0n) is 8.90. The predicted molar refractivity (Wildman–Crippen MR) is 58.7 cm³/mol. The molecule has 6 heteroatoms. The number of nitrogens with one attached hydrogen (secondary N) is 1. The first-order chi connectivity index (χ1) is 7.00. The van der Waals surface area contributed by atoms with Crippen LogP contribution in [0.15, 0.2) is 0 Å². The van der Waals surface area contributed by atoms with Gasteiger partial charge >= 0.3 is 5.97 Å². The summed E-state index contributed by atoms with van der Waals surface area (Å²) in [6.45, 7) is 0. The summed E-state index contributed by atoms with van der Waals surface area (Å²) in [7, 11) is 3.40. The molecule has 1 rings (SSSR count). The van der Waals surface area contributed by atoms with Gasteiger partial charge in [0.15, 0.2) is 0 Å². The number of hydrogen-bond acceptors (Lipinski definition) is 4. The molecule has 0 aromatic carbocycles. The van der Waals surface area contributed by atoms with Crippen molar-refractivity contribution >= 4 is 23.6 Å². The van der Waals surface area contributed by atoms with Crippen LogP contribution in [0.1, 0.15) is 12.8 Å². The fraction of sp³-hybridized carbons (Fsp3) is 0.778. The van der Waals surface area contributed by atoms with Crippen molar-refractivity contribution in [1.82, 2.24) is 10.2 Å². The second-order valence-corrected chi connectivity index (χ2v) is 5.01. The number of carbonyl (C=O) groups is 2. The van der Waals surface area contributed by atoms with Crippen LogP contribution in [0, 0.1) is 0 Å². The van der Waals surface area contributed by atoms with Crippen molar-refractivity contribution in [1.29, 1.82) is 0 Å². The molecule has 1 aliphatic heterocycles. The molecule has 2 unspecified atom stereocenters. The SMILES string of the molecule is CN(C)C(=O)CC1NC(C(=O)O)CCS1. The van der Waals surface area contributed by atoms with E-state index in [1.165, 1.54) is 4.90 Å². The lowest BCUT2D eigenvalue weighted by Crippen LogP contribution is -2.47. The Labute approximate surface area is 93.2 Å². The van der Waals surface area contributed by atoms with Gasteiger partial charge in [0.1, 0.15) is 6.04 Å². The van der Waals surface area contributed by atoms with Crippen LogP contribution in [0.3, 0.4) is 0 Å². The van der Waals surface area contributed by atoms with Gasteiger partial charge in [0.05, 0.1) is 11.8 Å². The van der Waals surface area contributed by atoms with Crippen molar-refractivity contribution in [3.63, 3.8) is 0 Å². The maximum atomic E-state index is 11.4. The Bertz CT molecular complexity index is 258. The average Bonchev–Trinajstić information content (AvgIpc) is 2.18. The zero-order valence-corrected chi connectivity index (χ0v) is 9.71. The molecule has 1 heterocycles. The highest BCUT2D eigenvalue weighted by atomic mass is 32.2. The fourth-order valence-corrected chi connectivity index (χ4v) is 2.51. The normalized spacial score (nSPS) is 26.0. The molecule has 0 bridgehead atoms. The smallest absolute Gasteiger partial charge is 0.320 e. The van der Waals surface area contributed by atoms with Crippen LogP contribution < -0.4 is 5.32 Å². The summed E-state index contributed by atoms with van der Waals surface area (Å²) < 4.78 is 0. The van der Waals surface area contributed by atoms with Crippen molar-refractivity contribution in [3.8, 4) is 0 Å². The minimum Gasteiger partial charge on any atom is -0.480 e. The molecule has 1 saturated heterocycles. The van der Waals surface area contributed by atoms with E-state index in [0.717, 1.165) is 5.75 Å². The van der Waals surface area contributed by atoms with E-state index in [1.807, 2.05) is 0 Å². The highest BCUT2D eigenvalue weighted by molar-refractivity contribution is 7.99. The predicted octanol–water partition coefficient (Wildman–Crippen LogP) is -0.0295. The summed E-state index contributed by atoms with van der Waals surface area (Å²) in [5, 5.41) is 11.7. The maximum Gasteiger partial charge on any atom is 0.320 e. The molecule has 2 N–H and O–H groups in total. The summed E-state index contributed by atoms with van der Waals surface area (Å²) in [5.41, 5.74) is 0. The van der Waals surface area contributed by atoms with Crippen molar-refractivity contribution in [2.45, 2.75) is 24.3 Å². The third-order valence-corrected chi connectivity index (χ3v) is 3.45. The number of aliphatic carboxylic acids is 1. The van der Waals surface area contributed by atoms with Gasteiger partial charge < -0.3 is 10.0 Å². The van der Waals surface area contributed by atoms with Gasteiger partial charge in [0, 0.05) is 14.1 Å². The van der Waals surface area contributed by atoms with Gasteiger partial charge in [-0.2, -0.15) is 0 Å². The fourth-order valence-electron chi connectivity index (χ4n) is 1.34. The molecular formula is C9H16N2O3S. The molecule has 0 spiro atoms. The average molecular weight is 232 g/mol. The third kappa shape index (κ3) is 3.71. The Kier molecular flexibility index (Phi) is 4.41. The van der Waals surface area contributed by atoms with E-state index in [4.69, 9.17) is 5.11 Å². The molecule has 86 valence electrons. The minimum atomic E-state index is -0.836. The van der Waals surface area contributed by atoms with Gasteiger partial charge in [-0.25, -0.2) is 0 Å². The van der Waals surface area contributed by atoms with E-state index >= 15 is 0 Å². The molecule has 5 nitrogen and oxygen atoms in total. The number of hydrogen-bond donors (Lipinski definition) is 2. The topological polar surface area (TPSA) is 69.6 Å². The third-order valence-electron chi connectivity index (χ3n) is 2.27. The number of rotatable bonds is 3. The molecule has 2 atom stereocenters. The van der Waals surface area contributed by atoms with Gasteiger partial charge in [-0.1, -0.05) is 0 Å². The van der Waals surface area contributed by atoms with Crippen LogP contribution in [0.25, 0.3) is 0 Å². The van der Waals surface area contributed by atoms with Crippen LogP contribution in [-0.2, 0) is 9.59 Å². The first kappa shape index (κ1) is 12.3. The number of carbonyl (C=O) groups excluding carboxylic acids is 1. The molecule has 0 aromatic rings. The molecule has 1 fully saturated rings. The van der Waals surface area contributed by atoms with Crippen molar-refractivity contribution in [2.24, 2.45) is 0 Å². The second-order valence-electron chi connectivity index (χ2n) is 3.70. The summed E-state index contributed by atoms with van der Waals surface area (Å²) in [6.07, 6.45) is 0.966. The number of amides is 1. The number of carboxylic acids is 1. The Balaban J connectivity index is 2.43. The molecule has 1 aliphatic rings. The quantitative estimate of drug-likeness (QED) is 0.715. The largest absolute Gasteiger partial charge is 0.480 e. The molecule has 1 amide bonds. The molecular weight excluding hydrogens is 216 g/mol. The van der Waals surface area contributed by atoms with Gasteiger partial charge in [-0.15, -0.1) is 11.8 Å². The monoisotopic (exact) mass is 232 g/mol. The Morgan fingerprint density at radius 1 is 1.53 bits per heavy atom. The lowest BCUT2D eigenvalue weighted by atomic mass is 10.2. The van der Waals surface area contributed by atoms with Crippen molar-refractivity contribution in [2.75, 3.05) is 19.8 Å². The van der Waals surface area contributed by atoms with Crippen LogP contribution in [0.5, 0.6) is 0 Å². The van der Waals surface area contributed by atoms with Gasteiger partial charge in [0.25, 0.3) is 0 Å². The highest BCUT2D eigenvalue weighted by Crippen LogP contribution is 2.21. The number of thioether (sulfide) groups is 1. The Hall–Kier alpha value is -0.750. The van der Waals surface area contributed by atoms with Gasteiger partial charge in [-0.05, 0) is 12.2 Å². The van der Waals surface area contributed by atoms with E-state index in [-0.39, 0.29) is 11.3 Å². The summed E-state index contributed by atoms with van der Waals surface area (Å²) in [6, 6.07) is -0.508. The van der Waals surface area contributed by atoms with E-state index in [0.29, 0.717) is 12.8 Å². The van der Waals surface area contributed by atoms with Crippen LogP contribution in [-0.4, -0.2) is 53.1 Å². The van der Waals surface area contributed by atoms with E-state index in [2.05, 4.69) is 5.32 Å². The minimum absolute atomic E-state index is 0.0195. The Morgan fingerprint density at radius 3 is 2.73 bits per heavy atom. The van der Waals surface area contributed by atoms with Crippen molar-refractivity contribution in [3.05, 3.63) is 0 Å². The van der Waals surface area contributed by atoms with Crippen LogP contribution >= 0.6 is 11.8 Å². The summed E-state index contributed by atoms with van der Waals surface area (Å²) in [5.74, 6) is -0.0290. The zero-order chi connectivity index (χ0) is 11.4. The maximum absolute atomic E-state index is 11.4. The first-order valence-electron chi connectivity index (χ1n) is 4.81. The number of carboxylic acid groups (broad SMARTS) is 1.